The highest BCUT2D eigenvalue weighted by molar-refractivity contribution is 5.97. The van der Waals surface area contributed by atoms with Crippen LogP contribution < -0.4 is 4.74 Å². The zero-order valence-electron chi connectivity index (χ0n) is 15.6. The summed E-state index contributed by atoms with van der Waals surface area (Å²) >= 11 is 0. The smallest absolute Gasteiger partial charge is 0.254 e. The Morgan fingerprint density at radius 2 is 2.11 bits per heavy atom. The molecule has 27 heavy (non-hydrogen) atoms. The van der Waals surface area contributed by atoms with Gasteiger partial charge in [-0.15, -0.1) is 0 Å². The van der Waals surface area contributed by atoms with Crippen LogP contribution in [0, 0.1) is 6.92 Å². The number of benzene rings is 2. The van der Waals surface area contributed by atoms with E-state index in [1.54, 1.807) is 7.11 Å². The van der Waals surface area contributed by atoms with E-state index in [1.165, 1.54) is 5.56 Å². The van der Waals surface area contributed by atoms with E-state index >= 15 is 0 Å². The number of methoxy groups -OCH3 is 1. The minimum absolute atomic E-state index is 0.00535. The number of morpholine rings is 1. The quantitative estimate of drug-likeness (QED) is 0.772. The van der Waals surface area contributed by atoms with E-state index in [9.17, 15) is 4.79 Å². The van der Waals surface area contributed by atoms with Crippen molar-refractivity contribution in [1.29, 1.82) is 0 Å². The first-order valence-electron chi connectivity index (χ1n) is 9.12. The van der Waals surface area contributed by atoms with Crippen molar-refractivity contribution in [2.24, 2.45) is 0 Å². The number of hydrogen-bond acceptors (Lipinski definition) is 4. The van der Waals surface area contributed by atoms with Gasteiger partial charge in [0.25, 0.3) is 5.91 Å². The molecule has 6 nitrogen and oxygen atoms in total. The Hall–Kier alpha value is -2.86. The highest BCUT2D eigenvalue weighted by Gasteiger charge is 2.25. The molecule has 1 atom stereocenters. The lowest BCUT2D eigenvalue weighted by Crippen LogP contribution is -2.46. The minimum Gasteiger partial charge on any atom is -0.497 e. The molecule has 2 heterocycles. The van der Waals surface area contributed by atoms with E-state index in [0.717, 1.165) is 29.0 Å². The second-order valence-electron chi connectivity index (χ2n) is 6.85. The summed E-state index contributed by atoms with van der Waals surface area (Å²) in [6, 6.07) is 13.6. The van der Waals surface area contributed by atoms with Crippen LogP contribution in [0.1, 0.15) is 21.7 Å². The molecule has 140 valence electrons. The number of carbonyl (C=O) groups is 1. The largest absolute Gasteiger partial charge is 0.497 e. The number of aromatic amines is 1. The predicted molar refractivity (Wildman–Crippen MR) is 103 cm³/mol. The summed E-state index contributed by atoms with van der Waals surface area (Å²) in [5.74, 6) is 1.72. The monoisotopic (exact) mass is 365 g/mol. The molecule has 0 bridgehead atoms. The Balaban J connectivity index is 1.45. The van der Waals surface area contributed by atoms with Gasteiger partial charge in [0.1, 0.15) is 11.6 Å². The molecule has 0 saturated carbocycles. The summed E-state index contributed by atoms with van der Waals surface area (Å²) in [6.07, 6.45) is 0.765. The van der Waals surface area contributed by atoms with Gasteiger partial charge >= 0.3 is 0 Å². The molecule has 1 aromatic heterocycles. The maximum Gasteiger partial charge on any atom is 0.254 e. The van der Waals surface area contributed by atoms with E-state index in [4.69, 9.17) is 9.47 Å². The highest BCUT2D eigenvalue weighted by Crippen LogP contribution is 2.19. The lowest BCUT2D eigenvalue weighted by molar-refractivity contribution is -0.0208. The number of fused-ring (bicyclic) bond motifs is 1. The summed E-state index contributed by atoms with van der Waals surface area (Å²) in [5, 5.41) is 0. The number of carbonyl (C=O) groups excluding carboxylic acids is 1. The third-order valence-corrected chi connectivity index (χ3v) is 4.90. The van der Waals surface area contributed by atoms with Crippen LogP contribution in [0.5, 0.6) is 5.75 Å². The average Bonchev–Trinajstić information content (AvgIpc) is 3.07. The second kappa shape index (κ2) is 7.40. The number of hydrogen-bond donors (Lipinski definition) is 1. The van der Waals surface area contributed by atoms with Gasteiger partial charge in [-0.2, -0.15) is 0 Å². The summed E-state index contributed by atoms with van der Waals surface area (Å²) in [6.45, 7) is 3.66. The number of amides is 1. The zero-order valence-corrected chi connectivity index (χ0v) is 15.6. The van der Waals surface area contributed by atoms with Gasteiger partial charge in [0.15, 0.2) is 0 Å². The van der Waals surface area contributed by atoms with E-state index in [2.05, 4.69) is 9.97 Å². The van der Waals surface area contributed by atoms with Gasteiger partial charge in [0, 0.05) is 25.1 Å². The molecule has 0 spiro atoms. The van der Waals surface area contributed by atoms with Crippen LogP contribution in [0.4, 0.5) is 0 Å². The van der Waals surface area contributed by atoms with Gasteiger partial charge < -0.3 is 19.4 Å². The second-order valence-corrected chi connectivity index (χ2v) is 6.85. The van der Waals surface area contributed by atoms with Crippen molar-refractivity contribution in [2.45, 2.75) is 19.4 Å². The van der Waals surface area contributed by atoms with Crippen LogP contribution in [0.25, 0.3) is 11.0 Å². The summed E-state index contributed by atoms with van der Waals surface area (Å²) in [5.41, 5.74) is 3.62. The summed E-state index contributed by atoms with van der Waals surface area (Å²) in [4.78, 5) is 22.4. The Kier molecular flexibility index (Phi) is 4.81. The maximum atomic E-state index is 13.0. The number of rotatable bonds is 4. The molecule has 6 heteroatoms. The Morgan fingerprint density at radius 3 is 2.89 bits per heavy atom. The fourth-order valence-electron chi connectivity index (χ4n) is 3.50. The van der Waals surface area contributed by atoms with Crippen molar-refractivity contribution < 1.29 is 14.3 Å². The van der Waals surface area contributed by atoms with Crippen LogP contribution in [-0.2, 0) is 11.2 Å². The molecule has 4 rings (SSSR count). The third-order valence-electron chi connectivity index (χ3n) is 4.90. The van der Waals surface area contributed by atoms with Crippen LogP contribution in [0.15, 0.2) is 42.5 Å². The van der Waals surface area contributed by atoms with Gasteiger partial charge in [0.2, 0.25) is 0 Å². The fraction of sp³-hybridized carbons (Fsp3) is 0.333. The first kappa shape index (κ1) is 17.5. The molecule has 0 aliphatic carbocycles. The molecular formula is C21H23N3O3. The zero-order chi connectivity index (χ0) is 18.8. The molecule has 3 aromatic rings. The van der Waals surface area contributed by atoms with E-state index in [-0.39, 0.29) is 12.0 Å². The molecular weight excluding hydrogens is 342 g/mol. The van der Waals surface area contributed by atoms with Crippen LogP contribution in [0.2, 0.25) is 0 Å². The summed E-state index contributed by atoms with van der Waals surface area (Å²) in [7, 11) is 1.66. The number of nitrogens with zero attached hydrogens (tertiary/aromatic N) is 2. The lowest BCUT2D eigenvalue weighted by Gasteiger charge is -2.33. The van der Waals surface area contributed by atoms with E-state index in [1.807, 2.05) is 54.3 Å². The lowest BCUT2D eigenvalue weighted by atomic mass is 10.1. The highest BCUT2D eigenvalue weighted by atomic mass is 16.5. The molecule has 1 fully saturated rings. The predicted octanol–water partition coefficient (Wildman–Crippen LogP) is 2.96. The molecule has 1 aliphatic heterocycles. The maximum absolute atomic E-state index is 13.0. The molecule has 1 N–H and O–H groups in total. The minimum atomic E-state index is -0.00535. The van der Waals surface area contributed by atoms with Gasteiger partial charge in [0.05, 0.1) is 30.9 Å². The molecule has 1 amide bonds. The molecule has 1 aliphatic rings. The van der Waals surface area contributed by atoms with E-state index in [0.29, 0.717) is 25.3 Å². The Bertz CT molecular complexity index is 949. The Morgan fingerprint density at radius 1 is 1.30 bits per heavy atom. The Labute approximate surface area is 158 Å². The summed E-state index contributed by atoms with van der Waals surface area (Å²) < 4.78 is 11.1. The van der Waals surface area contributed by atoms with Crippen molar-refractivity contribution >= 4 is 16.9 Å². The number of aryl methyl sites for hydroxylation is 1. The molecule has 1 saturated heterocycles. The van der Waals surface area contributed by atoms with E-state index < -0.39 is 0 Å². The van der Waals surface area contributed by atoms with Gasteiger partial charge in [-0.05, 0) is 42.8 Å². The van der Waals surface area contributed by atoms with Crippen LogP contribution in [0.3, 0.4) is 0 Å². The molecule has 0 radical (unpaired) electrons. The molecule has 0 unspecified atom stereocenters. The topological polar surface area (TPSA) is 67.5 Å². The molecule has 2 aromatic carbocycles. The van der Waals surface area contributed by atoms with Crippen molar-refractivity contribution in [3.63, 3.8) is 0 Å². The van der Waals surface area contributed by atoms with Gasteiger partial charge in [-0.1, -0.05) is 12.1 Å². The SMILES string of the molecule is COc1ccc(C[C@@H]2CN(C(=O)c3ccc4nc(C)[nH]c4c3)CCO2)cc1. The first-order valence-corrected chi connectivity index (χ1v) is 9.12. The van der Waals surface area contributed by atoms with Gasteiger partial charge in [-0.25, -0.2) is 4.98 Å². The number of aromatic nitrogens is 2. The standard InChI is InChI=1S/C21H23N3O3/c1-14-22-19-8-5-16(12-20(19)23-14)21(25)24-9-10-27-18(13-24)11-15-3-6-17(26-2)7-4-15/h3-8,12,18H,9-11,13H2,1-2H3,(H,22,23)/t18-/m1/s1. The van der Waals surface area contributed by atoms with Crippen molar-refractivity contribution in [3.05, 3.63) is 59.4 Å². The van der Waals surface area contributed by atoms with Crippen molar-refractivity contribution in [3.8, 4) is 5.75 Å². The van der Waals surface area contributed by atoms with Crippen LogP contribution >= 0.6 is 0 Å². The third kappa shape index (κ3) is 3.80. The average molecular weight is 365 g/mol. The van der Waals surface area contributed by atoms with Crippen molar-refractivity contribution in [2.75, 3.05) is 26.8 Å². The van der Waals surface area contributed by atoms with Gasteiger partial charge in [-0.3, -0.25) is 4.79 Å². The van der Waals surface area contributed by atoms with Crippen LogP contribution in [-0.4, -0.2) is 53.7 Å². The normalized spacial score (nSPS) is 17.3. The van der Waals surface area contributed by atoms with Crippen molar-refractivity contribution in [1.82, 2.24) is 14.9 Å². The number of H-pyrrole nitrogens is 1. The number of imidazole rings is 1. The fourth-order valence-corrected chi connectivity index (χ4v) is 3.50. The first-order chi connectivity index (χ1) is 13.1. The number of nitrogens with one attached hydrogen (secondary N) is 1. The number of ether oxygens (including phenoxy) is 2.